The van der Waals surface area contributed by atoms with Crippen molar-refractivity contribution in [1.82, 2.24) is 20.2 Å². The van der Waals surface area contributed by atoms with Crippen molar-refractivity contribution in [3.8, 4) is 0 Å². The summed E-state index contributed by atoms with van der Waals surface area (Å²) in [5.74, 6) is 0. The molecule has 2 aromatic carbocycles. The van der Waals surface area contributed by atoms with Gasteiger partial charge < -0.3 is 4.74 Å². The fourth-order valence-corrected chi connectivity index (χ4v) is 3.06. The van der Waals surface area contributed by atoms with Gasteiger partial charge in [0.15, 0.2) is 0 Å². The number of carbonyl (C=O) groups is 3. The molecule has 0 fully saturated rings. The molecule has 0 unspecified atom stereocenters. The molecule has 0 aliphatic rings. The number of carbonyl (C=O) groups excluding carboxylic acids is 3. The van der Waals surface area contributed by atoms with E-state index in [2.05, 4.69) is 32.9 Å². The summed E-state index contributed by atoms with van der Waals surface area (Å²) in [6.07, 6.45) is 10.7. The van der Waals surface area contributed by atoms with Gasteiger partial charge in [-0.25, -0.2) is 15.2 Å². The van der Waals surface area contributed by atoms with E-state index in [-0.39, 0.29) is 0 Å². The van der Waals surface area contributed by atoms with Crippen LogP contribution in [0.4, 0.5) is 10.5 Å². The molecule has 3 aromatic rings. The number of hydrogen-bond acceptors (Lipinski definition) is 7. The van der Waals surface area contributed by atoms with E-state index in [9.17, 15) is 14.4 Å². The molecule has 0 saturated carbocycles. The molecule has 1 aromatic heterocycles. The molecule has 10 nitrogen and oxygen atoms in total. The zero-order chi connectivity index (χ0) is 26.7. The second-order valence-electron chi connectivity index (χ2n) is 7.65. The number of rotatable bonds is 12. The lowest BCUT2D eigenvalue weighted by molar-refractivity contribution is -0.109. The highest BCUT2D eigenvalue weighted by molar-refractivity contribution is 6.09. The summed E-state index contributed by atoms with van der Waals surface area (Å²) in [5, 5.41) is 10.6. The molecule has 0 radical (unpaired) electrons. The predicted octanol–water partition coefficient (Wildman–Crippen LogP) is 4.39. The summed E-state index contributed by atoms with van der Waals surface area (Å²) in [5.41, 5.74) is 5.77. The molecule has 2 N–H and O–H groups in total. The van der Waals surface area contributed by atoms with Gasteiger partial charge in [0, 0.05) is 23.4 Å². The molecule has 1 heterocycles. The van der Waals surface area contributed by atoms with Gasteiger partial charge in [0.25, 0.3) is 0 Å². The van der Waals surface area contributed by atoms with Crippen molar-refractivity contribution in [3.63, 3.8) is 0 Å². The second kappa shape index (κ2) is 16.9. The molecule has 0 aliphatic carbocycles. The van der Waals surface area contributed by atoms with Crippen LogP contribution in [0.2, 0.25) is 0 Å². The fraction of sp³-hybridized carbons (Fsp3) is 0.259. The molecule has 10 heteroatoms. The Morgan fingerprint density at radius 2 is 1.95 bits per heavy atom. The van der Waals surface area contributed by atoms with Crippen molar-refractivity contribution in [2.45, 2.75) is 39.7 Å². The van der Waals surface area contributed by atoms with E-state index in [4.69, 9.17) is 4.74 Å². The average Bonchev–Trinajstić information content (AvgIpc) is 3.44. The fourth-order valence-electron chi connectivity index (χ4n) is 3.06. The Balaban J connectivity index is 0.000000449. The van der Waals surface area contributed by atoms with Crippen LogP contribution < -0.4 is 10.7 Å². The Labute approximate surface area is 216 Å². The lowest BCUT2D eigenvalue weighted by atomic mass is 10.1. The average molecular weight is 505 g/mol. The molecule has 0 saturated heterocycles. The predicted molar refractivity (Wildman–Crippen MR) is 142 cm³/mol. The van der Waals surface area contributed by atoms with Crippen LogP contribution in [-0.4, -0.2) is 45.9 Å². The maximum Gasteiger partial charge on any atom is 0.411 e. The van der Waals surface area contributed by atoms with Crippen LogP contribution in [0, 0.1) is 0 Å². The number of anilines is 1. The molecule has 37 heavy (non-hydrogen) atoms. The van der Waals surface area contributed by atoms with Crippen molar-refractivity contribution in [1.29, 1.82) is 0 Å². The first-order chi connectivity index (χ1) is 18.1. The molecule has 0 atom stereocenters. The van der Waals surface area contributed by atoms with E-state index < -0.39 is 6.09 Å². The van der Waals surface area contributed by atoms with E-state index in [1.807, 2.05) is 29.0 Å². The smallest absolute Gasteiger partial charge is 0.411 e. The number of aldehydes is 1. The molecular weight excluding hydrogens is 472 g/mol. The highest BCUT2D eigenvalue weighted by atomic mass is 16.5. The standard InChI is InChI=1S/C21H21N3O4.C6H11N3/c1-2-28-21(27)23-19-7-3-5-16(13-19)6-4-8-20(24-22-15-26)18-11-9-17(14-25)10-12-18;1-2-3-4-9-6-7-5-8-9/h3-5,7-15H,2,6H2,1H3,(H,22,26)(H,23,27);5-6H,2-4H2,1H3/b8-4-,24-20+;. The second-order valence-corrected chi connectivity index (χ2v) is 7.65. The van der Waals surface area contributed by atoms with E-state index in [0.717, 1.165) is 24.0 Å². The Morgan fingerprint density at radius 3 is 2.59 bits per heavy atom. The van der Waals surface area contributed by atoms with Gasteiger partial charge in [0.05, 0.1) is 12.3 Å². The minimum absolute atomic E-state index is 0.305. The van der Waals surface area contributed by atoms with Gasteiger partial charge in [0.1, 0.15) is 18.9 Å². The van der Waals surface area contributed by atoms with E-state index in [1.165, 1.54) is 12.8 Å². The number of nitrogens with zero attached hydrogens (tertiary/aromatic N) is 4. The molecule has 194 valence electrons. The molecular formula is C27H32N6O4. The number of nitrogens with one attached hydrogen (secondary N) is 2. The minimum Gasteiger partial charge on any atom is -0.450 e. The van der Waals surface area contributed by atoms with Gasteiger partial charge in [-0.05, 0) is 43.5 Å². The van der Waals surface area contributed by atoms with Crippen molar-refractivity contribution >= 4 is 30.2 Å². The van der Waals surface area contributed by atoms with Crippen molar-refractivity contribution < 1.29 is 19.1 Å². The van der Waals surface area contributed by atoms with Gasteiger partial charge in [-0.3, -0.25) is 19.6 Å². The summed E-state index contributed by atoms with van der Waals surface area (Å²) >= 11 is 0. The number of aromatic nitrogens is 3. The summed E-state index contributed by atoms with van der Waals surface area (Å²) in [6.45, 7) is 5.21. The highest BCUT2D eigenvalue weighted by Crippen LogP contribution is 2.13. The van der Waals surface area contributed by atoms with Gasteiger partial charge in [-0.1, -0.05) is 55.8 Å². The van der Waals surface area contributed by atoms with Gasteiger partial charge >= 0.3 is 6.09 Å². The third-order valence-corrected chi connectivity index (χ3v) is 4.87. The van der Waals surface area contributed by atoms with Gasteiger partial charge in [0.2, 0.25) is 6.41 Å². The van der Waals surface area contributed by atoms with Crippen molar-refractivity contribution in [3.05, 3.63) is 90.0 Å². The van der Waals surface area contributed by atoms with Crippen LogP contribution in [0.1, 0.15) is 48.2 Å². The van der Waals surface area contributed by atoms with E-state index >= 15 is 0 Å². The lowest BCUT2D eigenvalue weighted by Crippen LogP contribution is -2.13. The summed E-state index contributed by atoms with van der Waals surface area (Å²) in [6, 6.07) is 14.3. The van der Waals surface area contributed by atoms with E-state index in [0.29, 0.717) is 36.4 Å². The number of ether oxygens (including phenoxy) is 1. The monoisotopic (exact) mass is 504 g/mol. The number of unbranched alkanes of at least 4 members (excludes halogenated alkanes) is 1. The minimum atomic E-state index is -0.497. The lowest BCUT2D eigenvalue weighted by Gasteiger charge is -2.06. The first-order valence-electron chi connectivity index (χ1n) is 11.9. The topological polar surface area (TPSA) is 128 Å². The van der Waals surface area contributed by atoms with Crippen molar-refractivity contribution in [2.75, 3.05) is 11.9 Å². The van der Waals surface area contributed by atoms with Gasteiger partial charge in [-0.15, -0.1) is 0 Å². The Hall–Kier alpha value is -4.60. The quantitative estimate of drug-likeness (QED) is 0.214. The molecule has 0 aliphatic heterocycles. The first-order valence-corrected chi connectivity index (χ1v) is 11.9. The number of hydrazone groups is 1. The Kier molecular flexibility index (Phi) is 13.1. The SMILES string of the molecule is CCCCn1cncn1.CCOC(=O)Nc1cccc(C/C=C\C(=N/NC=O)c2ccc(C=O)cc2)c1. The molecule has 2 amide bonds. The largest absolute Gasteiger partial charge is 0.450 e. The first kappa shape index (κ1) is 28.6. The van der Waals surface area contributed by atoms with E-state index in [1.54, 1.807) is 56.0 Å². The van der Waals surface area contributed by atoms with Crippen molar-refractivity contribution in [2.24, 2.45) is 5.10 Å². The molecule has 0 spiro atoms. The number of hydrogen-bond donors (Lipinski definition) is 2. The van der Waals surface area contributed by atoms with Crippen LogP contribution in [-0.2, 0) is 22.5 Å². The molecule has 3 rings (SSSR count). The van der Waals surface area contributed by atoms with Gasteiger partial charge in [-0.2, -0.15) is 10.2 Å². The maximum absolute atomic E-state index is 11.5. The Morgan fingerprint density at radius 1 is 1.14 bits per heavy atom. The van der Waals surface area contributed by atoms with Crippen LogP contribution in [0.25, 0.3) is 0 Å². The third-order valence-electron chi connectivity index (χ3n) is 4.87. The normalized spacial score (nSPS) is 10.8. The number of aryl methyl sites for hydroxylation is 1. The Bertz CT molecular complexity index is 1160. The number of allylic oxidation sites excluding steroid dienone is 2. The number of benzene rings is 2. The summed E-state index contributed by atoms with van der Waals surface area (Å²) in [4.78, 5) is 36.7. The maximum atomic E-state index is 11.5. The summed E-state index contributed by atoms with van der Waals surface area (Å²) < 4.78 is 6.71. The third kappa shape index (κ3) is 11.1. The zero-order valence-corrected chi connectivity index (χ0v) is 21.0. The zero-order valence-electron chi connectivity index (χ0n) is 21.0. The van der Waals surface area contributed by atoms with Crippen LogP contribution in [0.5, 0.6) is 0 Å². The highest BCUT2D eigenvalue weighted by Gasteiger charge is 2.03. The number of amides is 2. The van der Waals surface area contributed by atoms with Crippen LogP contribution in [0.15, 0.2) is 78.4 Å². The van der Waals surface area contributed by atoms with Crippen LogP contribution in [0.3, 0.4) is 0 Å². The van der Waals surface area contributed by atoms with Crippen LogP contribution >= 0.6 is 0 Å². The summed E-state index contributed by atoms with van der Waals surface area (Å²) in [7, 11) is 0. The molecule has 0 bridgehead atoms.